The lowest BCUT2D eigenvalue weighted by molar-refractivity contribution is 0.795. The van der Waals surface area contributed by atoms with Crippen molar-refractivity contribution in [3.63, 3.8) is 0 Å². The number of nitrogens with zero attached hydrogens (tertiary/aromatic N) is 4. The number of halogens is 1. The van der Waals surface area contributed by atoms with Gasteiger partial charge in [-0.1, -0.05) is 232 Å². The largest absolute Gasteiger partial charge is 0.311 e. The first kappa shape index (κ1) is 56.6. The molecule has 4 nitrogen and oxygen atoms in total. The molecule has 2 aliphatic heterocycles. The molecule has 0 atom stereocenters. The number of anilines is 6. The molecular weight excluding hydrogens is 1230 g/mol. The van der Waals surface area contributed by atoms with Crippen molar-refractivity contribution in [2.45, 2.75) is 26.2 Å². The van der Waals surface area contributed by atoms with Crippen LogP contribution < -0.4 is 26.2 Å². The molecule has 0 fully saturated rings. The Morgan fingerprint density at radius 1 is 0.304 bits per heavy atom. The van der Waals surface area contributed by atoms with E-state index in [2.05, 4.69) is 361 Å². The first-order valence-electron chi connectivity index (χ1n) is 31.9. The molecule has 0 saturated heterocycles. The fourth-order valence-electron chi connectivity index (χ4n) is 13.7. The van der Waals surface area contributed by atoms with Crippen LogP contribution in [0.25, 0.3) is 101 Å². The molecule has 1 aromatic heterocycles. The molecule has 16 rings (SSSR count). The van der Waals surface area contributed by atoms with Gasteiger partial charge in [-0.2, -0.15) is 0 Å². The first-order valence-corrected chi connectivity index (χ1v) is 33.0. The van der Waals surface area contributed by atoms with E-state index >= 15 is 0 Å². The smallest absolute Gasteiger partial charge is 0.252 e. The van der Waals surface area contributed by atoms with E-state index in [-0.39, 0.29) is 6.71 Å². The number of aryl methyl sites for hydroxylation is 1. The molecule has 3 heterocycles. The third kappa shape index (κ3) is 10.9. The zero-order valence-corrected chi connectivity index (χ0v) is 53.1. The summed E-state index contributed by atoms with van der Waals surface area (Å²) in [6.45, 7) is 2.14. The van der Waals surface area contributed by atoms with Crippen LogP contribution >= 0.6 is 22.6 Å². The topological polar surface area (TPSA) is 32.3 Å². The lowest BCUT2D eigenvalue weighted by atomic mass is 9.33. The predicted octanol–water partition coefficient (Wildman–Crippen LogP) is 21.5. The molecule has 2 aliphatic rings. The summed E-state index contributed by atoms with van der Waals surface area (Å²) >= 11 is 2.44. The average molecular weight is 1290 g/mol. The van der Waals surface area contributed by atoms with E-state index in [1.807, 2.05) is 0 Å². The molecule has 6 heteroatoms. The van der Waals surface area contributed by atoms with Crippen LogP contribution in [-0.4, -0.2) is 16.7 Å². The Hall–Kier alpha value is -10.7. The summed E-state index contributed by atoms with van der Waals surface area (Å²) < 4.78 is 1.17. The van der Waals surface area contributed by atoms with Gasteiger partial charge in [-0.25, -0.2) is 9.97 Å². The Kier molecular flexibility index (Phi) is 15.1. The third-order valence-electron chi connectivity index (χ3n) is 18.3. The number of fused-ring (bicyclic) bond motifs is 4. The Balaban J connectivity index is 1.01. The molecule has 0 unspecified atom stereocenters. The van der Waals surface area contributed by atoms with Gasteiger partial charge in [0.05, 0.1) is 11.4 Å². The average Bonchev–Trinajstić information content (AvgIpc) is 0.704. The van der Waals surface area contributed by atoms with Crippen molar-refractivity contribution in [3.8, 4) is 101 Å². The normalized spacial score (nSPS) is 12.1. The highest BCUT2D eigenvalue weighted by molar-refractivity contribution is 14.1. The minimum atomic E-state index is -0.133. The lowest BCUT2D eigenvalue weighted by Gasteiger charge is -2.44. The molecular formula is C86H62BIN4. The molecule has 0 aliphatic carbocycles. The van der Waals surface area contributed by atoms with Gasteiger partial charge < -0.3 is 9.80 Å². The van der Waals surface area contributed by atoms with Crippen molar-refractivity contribution in [1.29, 1.82) is 0 Å². The summed E-state index contributed by atoms with van der Waals surface area (Å²) in [5.74, 6) is 0.621. The maximum Gasteiger partial charge on any atom is 0.252 e. The van der Waals surface area contributed by atoms with Gasteiger partial charge in [-0.3, -0.25) is 0 Å². The highest BCUT2D eigenvalue weighted by Gasteiger charge is 2.44. The first-order chi connectivity index (χ1) is 45.4. The molecule has 0 saturated carbocycles. The van der Waals surface area contributed by atoms with E-state index in [0.29, 0.717) is 5.82 Å². The van der Waals surface area contributed by atoms with E-state index < -0.39 is 0 Å². The highest BCUT2D eigenvalue weighted by atomic mass is 127. The van der Waals surface area contributed by atoms with Gasteiger partial charge in [0.2, 0.25) is 0 Å². The Morgan fingerprint density at radius 2 is 0.641 bits per heavy atom. The van der Waals surface area contributed by atoms with Crippen LogP contribution in [0.1, 0.15) is 25.3 Å². The van der Waals surface area contributed by atoms with Crippen molar-refractivity contribution in [2.24, 2.45) is 0 Å². The van der Waals surface area contributed by atoms with Gasteiger partial charge in [0.25, 0.3) is 6.71 Å². The van der Waals surface area contributed by atoms with Crippen molar-refractivity contribution in [3.05, 3.63) is 331 Å². The quantitative estimate of drug-likeness (QED) is 0.0802. The number of benzene rings is 13. The summed E-state index contributed by atoms with van der Waals surface area (Å²) in [6, 6.07) is 118. The van der Waals surface area contributed by atoms with Gasteiger partial charge in [0, 0.05) is 54.4 Å². The Labute approximate surface area is 553 Å². The van der Waals surface area contributed by atoms with E-state index in [1.165, 1.54) is 36.6 Å². The van der Waals surface area contributed by atoms with Gasteiger partial charge in [0.1, 0.15) is 0 Å². The standard InChI is InChI=1S/C86H62BIN4/c1-2-3-22-58-35-41-75(42-36-58)91-81-53-65(59-23-10-4-11-24-59)37-45-77(81)87-78-46-38-66(60-25-12-5-13-26-60)54-82(78)92(76-43-39-74(88)40-44-76)84-56-73(55-83(91)85(84)87)86-89-79(71-49-67(61-27-14-6-15-28-61)47-68(50-71)62-29-16-7-17-30-62)57-80(90-86)72-51-69(63-31-18-8-19-32-63)48-70(52-72)64-33-20-9-21-34-64/h4-21,23-57H,2-3,22H2,1H3. The van der Waals surface area contributed by atoms with Crippen LogP contribution in [0, 0.1) is 3.57 Å². The minimum Gasteiger partial charge on any atom is -0.311 e. The molecule has 0 amide bonds. The second-order valence-corrected chi connectivity index (χ2v) is 25.3. The van der Waals surface area contributed by atoms with Crippen LogP contribution in [0.3, 0.4) is 0 Å². The van der Waals surface area contributed by atoms with Crippen LogP contribution in [0.5, 0.6) is 0 Å². The van der Waals surface area contributed by atoms with E-state index in [9.17, 15) is 0 Å². The summed E-state index contributed by atoms with van der Waals surface area (Å²) in [7, 11) is 0. The number of aromatic nitrogens is 2. The summed E-state index contributed by atoms with van der Waals surface area (Å²) in [6.07, 6.45) is 3.31. The zero-order chi connectivity index (χ0) is 61.5. The molecule has 92 heavy (non-hydrogen) atoms. The Bertz CT molecular complexity index is 4750. The summed E-state index contributed by atoms with van der Waals surface area (Å²) in [5.41, 5.74) is 29.8. The summed E-state index contributed by atoms with van der Waals surface area (Å²) in [5, 5.41) is 0. The second kappa shape index (κ2) is 24.6. The minimum absolute atomic E-state index is 0.133. The zero-order valence-electron chi connectivity index (χ0n) is 51.0. The predicted molar refractivity (Wildman–Crippen MR) is 396 cm³/mol. The van der Waals surface area contributed by atoms with E-state index in [1.54, 1.807) is 0 Å². The molecule has 0 radical (unpaired) electrons. The molecule has 436 valence electrons. The fraction of sp³-hybridized carbons (Fsp3) is 0.0465. The Morgan fingerprint density at radius 3 is 1.01 bits per heavy atom. The third-order valence-corrected chi connectivity index (χ3v) is 19.0. The summed E-state index contributed by atoms with van der Waals surface area (Å²) in [4.78, 5) is 16.8. The van der Waals surface area contributed by atoms with Gasteiger partial charge in [-0.15, -0.1) is 0 Å². The molecule has 14 aromatic rings. The van der Waals surface area contributed by atoms with Gasteiger partial charge in [0.15, 0.2) is 5.82 Å². The van der Waals surface area contributed by atoms with Crippen molar-refractivity contribution in [1.82, 2.24) is 9.97 Å². The lowest BCUT2D eigenvalue weighted by Crippen LogP contribution is -2.61. The van der Waals surface area contributed by atoms with Crippen molar-refractivity contribution >= 4 is 79.8 Å². The van der Waals surface area contributed by atoms with Crippen LogP contribution in [0.2, 0.25) is 0 Å². The van der Waals surface area contributed by atoms with Crippen molar-refractivity contribution in [2.75, 3.05) is 9.80 Å². The van der Waals surface area contributed by atoms with Crippen LogP contribution in [0.15, 0.2) is 322 Å². The van der Waals surface area contributed by atoms with E-state index in [0.717, 1.165) is 137 Å². The highest BCUT2D eigenvalue weighted by Crippen LogP contribution is 2.48. The molecule has 0 N–H and O–H groups in total. The molecule has 0 spiro atoms. The molecule has 0 bridgehead atoms. The molecule has 13 aromatic carbocycles. The van der Waals surface area contributed by atoms with Crippen LogP contribution in [-0.2, 0) is 6.42 Å². The number of hydrogen-bond donors (Lipinski definition) is 0. The van der Waals surface area contributed by atoms with Gasteiger partial charge >= 0.3 is 0 Å². The van der Waals surface area contributed by atoms with E-state index in [4.69, 9.17) is 9.97 Å². The number of hydrogen-bond acceptors (Lipinski definition) is 4. The number of rotatable bonds is 14. The maximum atomic E-state index is 5.89. The second-order valence-electron chi connectivity index (χ2n) is 24.1. The SMILES string of the molecule is CCCCc1ccc(N2c3cc(-c4ccccc4)ccc3B3c4ccc(-c5ccccc5)cc4N(c4ccc(I)cc4)c4cc(-c5nc(-c6cc(-c7ccccc7)cc(-c7ccccc7)c6)cc(-c6cc(-c7ccccc7)cc(-c7ccccc7)c6)n5)cc2c43)cc1. The number of unbranched alkanes of at least 4 members (excludes halogenated alkanes) is 1. The fourth-order valence-corrected chi connectivity index (χ4v) is 14.0. The maximum absolute atomic E-state index is 5.89. The monoisotopic (exact) mass is 1290 g/mol. The van der Waals surface area contributed by atoms with Crippen molar-refractivity contribution < 1.29 is 0 Å². The van der Waals surface area contributed by atoms with Crippen LogP contribution in [0.4, 0.5) is 34.1 Å². The van der Waals surface area contributed by atoms with Gasteiger partial charge in [-0.05, 0) is 227 Å².